The van der Waals surface area contributed by atoms with Gasteiger partial charge in [-0.2, -0.15) is 0 Å². The van der Waals surface area contributed by atoms with Gasteiger partial charge in [0.1, 0.15) is 17.9 Å². The van der Waals surface area contributed by atoms with Crippen molar-refractivity contribution in [1.29, 1.82) is 0 Å². The molecule has 1 aliphatic heterocycles. The topological polar surface area (TPSA) is 76.3 Å². The fourth-order valence-electron chi connectivity index (χ4n) is 1.93. The molecule has 2 rings (SSSR count). The number of nitrogens with zero attached hydrogens (tertiary/aromatic N) is 2. The van der Waals surface area contributed by atoms with Crippen molar-refractivity contribution in [3.63, 3.8) is 0 Å². The number of rotatable bonds is 2. The minimum atomic E-state index is -1.24. The van der Waals surface area contributed by atoms with E-state index in [2.05, 4.69) is 4.98 Å². The van der Waals surface area contributed by atoms with Gasteiger partial charge in [-0.25, -0.2) is 9.37 Å². The summed E-state index contributed by atoms with van der Waals surface area (Å²) in [6.45, 7) is -0.142. The molecule has 0 unspecified atom stereocenters. The van der Waals surface area contributed by atoms with Gasteiger partial charge in [0.25, 0.3) is 5.91 Å². The molecule has 96 valence electrons. The fourth-order valence-corrected chi connectivity index (χ4v) is 2.04. The summed E-state index contributed by atoms with van der Waals surface area (Å²) in [6.07, 6.45) is 0.0184. The molecule has 0 aliphatic carbocycles. The Morgan fingerprint density at radius 1 is 1.50 bits per heavy atom. The molecule has 7 heteroatoms. The first kappa shape index (κ1) is 12.8. The Bertz CT molecular complexity index is 480. The van der Waals surface area contributed by atoms with Gasteiger partial charge in [0.2, 0.25) is 5.91 Å². The van der Waals surface area contributed by atoms with Crippen LogP contribution < -0.4 is 5.73 Å². The predicted molar refractivity (Wildman–Crippen MR) is 62.8 cm³/mol. The summed E-state index contributed by atoms with van der Waals surface area (Å²) in [5.74, 6) is -1.23. The lowest BCUT2D eigenvalue weighted by atomic mass is 10.2. The number of halogens is 2. The summed E-state index contributed by atoms with van der Waals surface area (Å²) < 4.78 is 13.3. The SMILES string of the molecule is NC(=O)[C@@H]1C[C@@H](F)CN1C(=O)c1ccc(Cl)cn1. The van der Waals surface area contributed by atoms with Crippen molar-refractivity contribution in [3.8, 4) is 0 Å². The molecule has 0 bridgehead atoms. The molecule has 5 nitrogen and oxygen atoms in total. The van der Waals surface area contributed by atoms with E-state index in [-0.39, 0.29) is 18.7 Å². The summed E-state index contributed by atoms with van der Waals surface area (Å²) in [4.78, 5) is 28.2. The number of carbonyl (C=O) groups excluding carboxylic acids is 2. The maximum absolute atomic E-state index is 13.3. The number of hydrogen-bond acceptors (Lipinski definition) is 3. The van der Waals surface area contributed by atoms with Crippen LogP contribution in [-0.4, -0.2) is 40.5 Å². The van der Waals surface area contributed by atoms with Crippen molar-refractivity contribution in [2.45, 2.75) is 18.6 Å². The molecule has 0 spiro atoms. The minimum Gasteiger partial charge on any atom is -0.368 e. The summed E-state index contributed by atoms with van der Waals surface area (Å²) in [5, 5.41) is 0.391. The quantitative estimate of drug-likeness (QED) is 0.863. The van der Waals surface area contributed by atoms with E-state index < -0.39 is 24.0 Å². The molecule has 1 aliphatic rings. The van der Waals surface area contributed by atoms with Crippen molar-refractivity contribution in [3.05, 3.63) is 29.0 Å². The molecule has 1 aromatic heterocycles. The number of likely N-dealkylation sites (tertiary alicyclic amines) is 1. The summed E-state index contributed by atoms with van der Waals surface area (Å²) in [5.41, 5.74) is 5.26. The molecule has 1 fully saturated rings. The number of amides is 2. The third kappa shape index (κ3) is 2.43. The van der Waals surface area contributed by atoms with Gasteiger partial charge in [-0.1, -0.05) is 11.6 Å². The van der Waals surface area contributed by atoms with Crippen LogP contribution in [0.1, 0.15) is 16.9 Å². The van der Waals surface area contributed by atoms with Crippen molar-refractivity contribution >= 4 is 23.4 Å². The van der Waals surface area contributed by atoms with E-state index in [1.165, 1.54) is 18.3 Å². The molecule has 1 saturated heterocycles. The number of aromatic nitrogens is 1. The Balaban J connectivity index is 2.22. The van der Waals surface area contributed by atoms with Crippen LogP contribution >= 0.6 is 11.6 Å². The van der Waals surface area contributed by atoms with E-state index in [1.54, 1.807) is 0 Å². The lowest BCUT2D eigenvalue weighted by Crippen LogP contribution is -2.44. The predicted octanol–water partition coefficient (Wildman–Crippen LogP) is 0.773. The van der Waals surface area contributed by atoms with Crippen LogP contribution in [0.15, 0.2) is 18.3 Å². The summed E-state index contributed by atoms with van der Waals surface area (Å²) >= 11 is 5.66. The van der Waals surface area contributed by atoms with Gasteiger partial charge in [-0.15, -0.1) is 0 Å². The monoisotopic (exact) mass is 271 g/mol. The minimum absolute atomic E-state index is 0.0609. The zero-order valence-corrected chi connectivity index (χ0v) is 10.1. The second-order valence-corrected chi connectivity index (χ2v) is 4.51. The summed E-state index contributed by atoms with van der Waals surface area (Å²) in [7, 11) is 0. The van der Waals surface area contributed by atoms with Crippen LogP contribution in [0.2, 0.25) is 5.02 Å². The first-order valence-electron chi connectivity index (χ1n) is 5.35. The van der Waals surface area contributed by atoms with Gasteiger partial charge in [-0.05, 0) is 12.1 Å². The Hall–Kier alpha value is -1.69. The average Bonchev–Trinajstić information content (AvgIpc) is 2.71. The highest BCUT2D eigenvalue weighted by molar-refractivity contribution is 6.30. The average molecular weight is 272 g/mol. The van der Waals surface area contributed by atoms with E-state index in [9.17, 15) is 14.0 Å². The molecule has 2 atom stereocenters. The normalized spacial score (nSPS) is 23.1. The van der Waals surface area contributed by atoms with E-state index in [0.717, 1.165) is 4.90 Å². The standard InChI is InChI=1S/C11H11ClFN3O2/c12-6-1-2-8(15-4-6)11(18)16-5-7(13)3-9(16)10(14)17/h1-2,4,7,9H,3,5H2,(H2,14,17)/t7-,9+/m1/s1. The lowest BCUT2D eigenvalue weighted by molar-refractivity contribution is -0.121. The van der Waals surface area contributed by atoms with Crippen LogP contribution in [-0.2, 0) is 4.79 Å². The zero-order chi connectivity index (χ0) is 13.3. The lowest BCUT2D eigenvalue weighted by Gasteiger charge is -2.21. The van der Waals surface area contributed by atoms with E-state index in [4.69, 9.17) is 17.3 Å². The first-order chi connectivity index (χ1) is 8.49. The third-order valence-electron chi connectivity index (χ3n) is 2.79. The Labute approximate surface area is 108 Å². The van der Waals surface area contributed by atoms with E-state index >= 15 is 0 Å². The molecule has 18 heavy (non-hydrogen) atoms. The van der Waals surface area contributed by atoms with Gasteiger partial charge in [0.15, 0.2) is 0 Å². The maximum Gasteiger partial charge on any atom is 0.273 e. The van der Waals surface area contributed by atoms with Gasteiger partial charge in [0, 0.05) is 12.6 Å². The molecule has 2 heterocycles. The second-order valence-electron chi connectivity index (χ2n) is 4.07. The Kier molecular flexibility index (Phi) is 3.47. The molecular weight excluding hydrogens is 261 g/mol. The number of nitrogens with two attached hydrogens (primary N) is 1. The maximum atomic E-state index is 13.3. The van der Waals surface area contributed by atoms with Crippen molar-refractivity contribution < 1.29 is 14.0 Å². The van der Waals surface area contributed by atoms with Gasteiger partial charge in [-0.3, -0.25) is 9.59 Å². The van der Waals surface area contributed by atoms with Crippen LogP contribution in [0.4, 0.5) is 4.39 Å². The number of hydrogen-bond donors (Lipinski definition) is 1. The molecular formula is C11H11ClFN3O2. The van der Waals surface area contributed by atoms with Gasteiger partial charge < -0.3 is 10.6 Å². The number of primary amides is 1. The van der Waals surface area contributed by atoms with E-state index in [0.29, 0.717) is 5.02 Å². The molecule has 1 aromatic rings. The Morgan fingerprint density at radius 2 is 2.22 bits per heavy atom. The molecule has 2 amide bonds. The molecule has 0 saturated carbocycles. The molecule has 0 aromatic carbocycles. The van der Waals surface area contributed by atoms with Crippen LogP contribution in [0.3, 0.4) is 0 Å². The summed E-state index contributed by atoms with van der Waals surface area (Å²) in [6, 6.07) is 2.02. The van der Waals surface area contributed by atoms with Gasteiger partial charge in [0.05, 0.1) is 11.6 Å². The van der Waals surface area contributed by atoms with Crippen LogP contribution in [0.5, 0.6) is 0 Å². The highest BCUT2D eigenvalue weighted by Gasteiger charge is 2.39. The zero-order valence-electron chi connectivity index (χ0n) is 9.35. The highest BCUT2D eigenvalue weighted by Crippen LogP contribution is 2.22. The van der Waals surface area contributed by atoms with Crippen molar-refractivity contribution in [2.24, 2.45) is 5.73 Å². The highest BCUT2D eigenvalue weighted by atomic mass is 35.5. The van der Waals surface area contributed by atoms with Crippen molar-refractivity contribution in [2.75, 3.05) is 6.54 Å². The van der Waals surface area contributed by atoms with Gasteiger partial charge >= 0.3 is 0 Å². The van der Waals surface area contributed by atoms with Crippen molar-refractivity contribution in [1.82, 2.24) is 9.88 Å². The smallest absolute Gasteiger partial charge is 0.273 e. The first-order valence-corrected chi connectivity index (χ1v) is 5.72. The third-order valence-corrected chi connectivity index (χ3v) is 3.01. The number of carbonyl (C=O) groups is 2. The van der Waals surface area contributed by atoms with E-state index in [1.807, 2.05) is 0 Å². The largest absolute Gasteiger partial charge is 0.368 e. The van der Waals surface area contributed by atoms with Crippen LogP contribution in [0.25, 0.3) is 0 Å². The molecule has 0 radical (unpaired) electrons. The Morgan fingerprint density at radius 3 is 2.78 bits per heavy atom. The fraction of sp³-hybridized carbons (Fsp3) is 0.364. The van der Waals surface area contributed by atoms with Crippen LogP contribution in [0, 0.1) is 0 Å². The number of alkyl halides is 1. The second kappa shape index (κ2) is 4.89. The number of pyridine rings is 1. The molecule has 2 N–H and O–H groups in total.